The van der Waals surface area contributed by atoms with Crippen molar-refractivity contribution in [2.45, 2.75) is 32.6 Å². The molecule has 3 rings (SSSR count). The third-order valence-corrected chi connectivity index (χ3v) is 3.82. The molecule has 0 saturated heterocycles. The van der Waals surface area contributed by atoms with E-state index in [1.165, 1.54) is 16.9 Å². The fourth-order valence-corrected chi connectivity index (χ4v) is 2.58. The number of nitrogens with zero attached hydrogens (tertiary/aromatic N) is 4. The van der Waals surface area contributed by atoms with Gasteiger partial charge >= 0.3 is 6.18 Å². The monoisotopic (exact) mass is 377 g/mol. The van der Waals surface area contributed by atoms with E-state index in [2.05, 4.69) is 15.5 Å². The van der Waals surface area contributed by atoms with E-state index < -0.39 is 11.7 Å². The number of benzene rings is 1. The molecule has 1 aromatic carbocycles. The lowest BCUT2D eigenvalue weighted by atomic mass is 10.1. The highest BCUT2D eigenvalue weighted by molar-refractivity contribution is 6.02. The minimum atomic E-state index is -4.39. The molecule has 142 valence electrons. The largest absolute Gasteiger partial charge is 0.416 e. The maximum Gasteiger partial charge on any atom is 0.416 e. The Kier molecular flexibility index (Phi) is 5.29. The first-order chi connectivity index (χ1) is 12.8. The van der Waals surface area contributed by atoms with Crippen LogP contribution in [0.25, 0.3) is 0 Å². The molecule has 0 bridgehead atoms. The van der Waals surface area contributed by atoms with Gasteiger partial charge < -0.3 is 5.32 Å². The summed E-state index contributed by atoms with van der Waals surface area (Å²) >= 11 is 0. The van der Waals surface area contributed by atoms with E-state index in [4.69, 9.17) is 0 Å². The molecule has 0 fully saturated rings. The van der Waals surface area contributed by atoms with Crippen molar-refractivity contribution in [3.05, 3.63) is 65.7 Å². The highest BCUT2D eigenvalue weighted by Gasteiger charge is 2.30. The van der Waals surface area contributed by atoms with E-state index in [-0.39, 0.29) is 18.1 Å². The van der Waals surface area contributed by atoms with E-state index in [9.17, 15) is 18.0 Å². The van der Waals surface area contributed by atoms with Gasteiger partial charge in [-0.1, -0.05) is 19.1 Å². The number of alkyl halides is 3. The Labute approximate surface area is 153 Å². The summed E-state index contributed by atoms with van der Waals surface area (Å²) < 4.78 is 41.5. The van der Waals surface area contributed by atoms with Gasteiger partial charge in [-0.25, -0.2) is 0 Å². The van der Waals surface area contributed by atoms with E-state index >= 15 is 0 Å². The molecule has 3 aromatic rings. The van der Waals surface area contributed by atoms with Crippen molar-refractivity contribution in [3.8, 4) is 0 Å². The van der Waals surface area contributed by atoms with Crippen LogP contribution >= 0.6 is 0 Å². The summed E-state index contributed by atoms with van der Waals surface area (Å²) in [6.07, 6.45) is 1.25. The van der Waals surface area contributed by atoms with Gasteiger partial charge in [0.25, 0.3) is 5.91 Å². The van der Waals surface area contributed by atoms with Crippen LogP contribution in [0.4, 0.5) is 18.9 Å². The number of amides is 1. The molecule has 27 heavy (non-hydrogen) atoms. The van der Waals surface area contributed by atoms with Gasteiger partial charge in [0.05, 0.1) is 24.0 Å². The molecule has 0 atom stereocenters. The van der Waals surface area contributed by atoms with Crippen LogP contribution in [0.15, 0.2) is 48.9 Å². The topological polar surface area (TPSA) is 64.7 Å². The fourth-order valence-electron chi connectivity index (χ4n) is 2.58. The molecular weight excluding hydrogens is 359 g/mol. The van der Waals surface area contributed by atoms with Crippen molar-refractivity contribution in [1.29, 1.82) is 0 Å². The first-order valence-electron chi connectivity index (χ1n) is 8.38. The van der Waals surface area contributed by atoms with Crippen LogP contribution < -0.4 is 5.32 Å². The number of nitrogens with one attached hydrogen (secondary N) is 1. The summed E-state index contributed by atoms with van der Waals surface area (Å²) in [5, 5.41) is 10.9. The Morgan fingerprint density at radius 3 is 2.78 bits per heavy atom. The standard InChI is InChI=1S/C18H18F3N5O/c1-2-7-25-8-6-16(24-25)17(27)23-15-10-22-26(12-15)11-13-4-3-5-14(9-13)18(19,20)21/h3-6,8-10,12H,2,7,11H2,1H3,(H,23,27). The average Bonchev–Trinajstić information content (AvgIpc) is 3.24. The summed E-state index contributed by atoms with van der Waals surface area (Å²) in [5.41, 5.74) is 0.485. The molecule has 1 amide bonds. The van der Waals surface area contributed by atoms with E-state index in [1.54, 1.807) is 29.2 Å². The lowest BCUT2D eigenvalue weighted by molar-refractivity contribution is -0.137. The number of hydrogen-bond acceptors (Lipinski definition) is 3. The van der Waals surface area contributed by atoms with E-state index in [0.29, 0.717) is 11.3 Å². The van der Waals surface area contributed by atoms with Gasteiger partial charge in [0.15, 0.2) is 5.69 Å². The molecule has 6 nitrogen and oxygen atoms in total. The van der Waals surface area contributed by atoms with Gasteiger partial charge in [0, 0.05) is 18.9 Å². The molecule has 2 aromatic heterocycles. The molecule has 0 saturated carbocycles. The maximum atomic E-state index is 12.8. The van der Waals surface area contributed by atoms with Gasteiger partial charge in [0.1, 0.15) is 0 Å². The first kappa shape index (κ1) is 18.7. The number of hydrogen-bond donors (Lipinski definition) is 1. The molecule has 0 unspecified atom stereocenters. The zero-order chi connectivity index (χ0) is 19.4. The van der Waals surface area contributed by atoms with Crippen LogP contribution in [0.1, 0.15) is 35.0 Å². The van der Waals surface area contributed by atoms with Crippen LogP contribution in [0, 0.1) is 0 Å². The number of carbonyl (C=O) groups excluding carboxylic acids is 1. The van der Waals surface area contributed by atoms with E-state index in [0.717, 1.165) is 25.1 Å². The van der Waals surface area contributed by atoms with Crippen LogP contribution in [0.2, 0.25) is 0 Å². The van der Waals surface area contributed by atoms with Crippen LogP contribution in [-0.2, 0) is 19.3 Å². The van der Waals surface area contributed by atoms with Crippen molar-refractivity contribution in [1.82, 2.24) is 19.6 Å². The molecule has 2 heterocycles. The number of halogens is 3. The highest BCUT2D eigenvalue weighted by Crippen LogP contribution is 2.29. The smallest absolute Gasteiger partial charge is 0.318 e. The predicted molar refractivity (Wildman–Crippen MR) is 93.2 cm³/mol. The SMILES string of the molecule is CCCn1ccc(C(=O)Nc2cnn(Cc3cccc(C(F)(F)F)c3)c2)n1. The van der Waals surface area contributed by atoms with Gasteiger partial charge in [-0.15, -0.1) is 0 Å². The number of anilines is 1. The fraction of sp³-hybridized carbons (Fsp3) is 0.278. The van der Waals surface area contributed by atoms with Gasteiger partial charge in [-0.3, -0.25) is 14.2 Å². The lowest BCUT2D eigenvalue weighted by Crippen LogP contribution is -2.13. The molecule has 0 aliphatic rings. The Bertz CT molecular complexity index is 929. The summed E-state index contributed by atoms with van der Waals surface area (Å²) in [6, 6.07) is 6.68. The molecular formula is C18H18F3N5O. The summed E-state index contributed by atoms with van der Waals surface area (Å²) in [6.45, 7) is 2.90. The molecule has 0 aliphatic heterocycles. The summed E-state index contributed by atoms with van der Waals surface area (Å²) in [4.78, 5) is 12.2. The van der Waals surface area contributed by atoms with Crippen molar-refractivity contribution in [2.24, 2.45) is 0 Å². The Hall–Kier alpha value is -3.10. The van der Waals surface area contributed by atoms with Gasteiger partial charge in [-0.05, 0) is 30.2 Å². The Morgan fingerprint density at radius 2 is 2.04 bits per heavy atom. The Balaban J connectivity index is 1.65. The maximum absolute atomic E-state index is 12.8. The van der Waals surface area contributed by atoms with Crippen molar-refractivity contribution in [2.75, 3.05) is 5.32 Å². The minimum Gasteiger partial charge on any atom is -0.318 e. The van der Waals surface area contributed by atoms with E-state index in [1.807, 2.05) is 6.92 Å². The lowest BCUT2D eigenvalue weighted by Gasteiger charge is -2.08. The predicted octanol–water partition coefficient (Wildman–Crippen LogP) is 3.81. The number of aryl methyl sites for hydroxylation is 1. The summed E-state index contributed by atoms with van der Waals surface area (Å²) in [5.74, 6) is -0.372. The molecule has 0 radical (unpaired) electrons. The normalized spacial score (nSPS) is 11.6. The first-order valence-corrected chi connectivity index (χ1v) is 8.38. The highest BCUT2D eigenvalue weighted by atomic mass is 19.4. The van der Waals surface area contributed by atoms with Crippen LogP contribution in [-0.4, -0.2) is 25.5 Å². The Morgan fingerprint density at radius 1 is 1.22 bits per heavy atom. The van der Waals surface area contributed by atoms with Gasteiger partial charge in [0.2, 0.25) is 0 Å². The van der Waals surface area contributed by atoms with Crippen molar-refractivity contribution in [3.63, 3.8) is 0 Å². The quantitative estimate of drug-likeness (QED) is 0.711. The third-order valence-electron chi connectivity index (χ3n) is 3.82. The number of carbonyl (C=O) groups is 1. The number of aromatic nitrogens is 4. The second kappa shape index (κ2) is 7.65. The van der Waals surface area contributed by atoms with Crippen LogP contribution in [0.5, 0.6) is 0 Å². The zero-order valence-electron chi connectivity index (χ0n) is 14.6. The van der Waals surface area contributed by atoms with Crippen molar-refractivity contribution >= 4 is 11.6 Å². The second-order valence-electron chi connectivity index (χ2n) is 6.04. The summed E-state index contributed by atoms with van der Waals surface area (Å²) in [7, 11) is 0. The molecule has 0 spiro atoms. The third kappa shape index (κ3) is 4.75. The minimum absolute atomic E-state index is 0.158. The zero-order valence-corrected chi connectivity index (χ0v) is 14.6. The number of rotatable bonds is 6. The van der Waals surface area contributed by atoms with Crippen molar-refractivity contribution < 1.29 is 18.0 Å². The molecule has 0 aliphatic carbocycles. The molecule has 9 heteroatoms. The average molecular weight is 377 g/mol. The molecule has 1 N–H and O–H groups in total. The van der Waals surface area contributed by atoms with Gasteiger partial charge in [-0.2, -0.15) is 23.4 Å². The van der Waals surface area contributed by atoms with Crippen LogP contribution in [0.3, 0.4) is 0 Å². The second-order valence-corrected chi connectivity index (χ2v) is 6.04.